The fourth-order valence-electron chi connectivity index (χ4n) is 2.01. The van der Waals surface area contributed by atoms with Crippen LogP contribution in [-0.2, 0) is 35.0 Å². The number of benzene rings is 1. The van der Waals surface area contributed by atoms with Gasteiger partial charge in [-0.25, -0.2) is 4.79 Å². The molecule has 0 spiro atoms. The third kappa shape index (κ3) is 4.95. The highest BCUT2D eigenvalue weighted by atomic mass is 16.6. The summed E-state index contributed by atoms with van der Waals surface area (Å²) in [5.74, 6) is -1.42. The molecule has 0 amide bonds. The van der Waals surface area contributed by atoms with Crippen LogP contribution < -0.4 is 5.46 Å². The Labute approximate surface area is 140 Å². The van der Waals surface area contributed by atoms with E-state index in [4.69, 9.17) is 14.0 Å². The van der Waals surface area contributed by atoms with E-state index in [2.05, 4.69) is 6.58 Å². The fraction of sp³-hybridized carbons (Fsp3) is 0.312. The molecule has 0 aliphatic carbocycles. The van der Waals surface area contributed by atoms with E-state index in [1.807, 2.05) is 0 Å². The van der Waals surface area contributed by atoms with Gasteiger partial charge in [-0.2, -0.15) is 0 Å². The van der Waals surface area contributed by atoms with Crippen molar-refractivity contribution in [3.05, 3.63) is 42.0 Å². The van der Waals surface area contributed by atoms with Gasteiger partial charge in [-0.15, -0.1) is 0 Å². The van der Waals surface area contributed by atoms with E-state index in [9.17, 15) is 14.4 Å². The number of nitrogens with zero attached hydrogens (tertiary/aromatic N) is 1. The molecule has 1 saturated heterocycles. The van der Waals surface area contributed by atoms with Crippen LogP contribution in [0.15, 0.2) is 36.4 Å². The van der Waals surface area contributed by atoms with Crippen LogP contribution in [-0.4, -0.2) is 50.1 Å². The van der Waals surface area contributed by atoms with E-state index in [1.54, 1.807) is 38.2 Å². The Morgan fingerprint density at radius 1 is 1.21 bits per heavy atom. The van der Waals surface area contributed by atoms with Crippen LogP contribution in [0.2, 0.25) is 0 Å². The number of rotatable bonds is 4. The van der Waals surface area contributed by atoms with Gasteiger partial charge in [0.1, 0.15) is 6.61 Å². The van der Waals surface area contributed by atoms with Gasteiger partial charge in [0.2, 0.25) is 0 Å². The number of carbonyl (C=O) groups is 3. The Kier molecular flexibility index (Phi) is 5.75. The number of hydrogen-bond donors (Lipinski definition) is 0. The topological polar surface area (TPSA) is 82.1 Å². The highest BCUT2D eigenvalue weighted by molar-refractivity contribution is 6.64. The third-order valence-corrected chi connectivity index (χ3v) is 3.25. The zero-order valence-electron chi connectivity index (χ0n) is 13.6. The van der Waals surface area contributed by atoms with Gasteiger partial charge in [0.05, 0.1) is 13.1 Å². The number of carbonyl (C=O) groups excluding carboxylic acids is 3. The molecule has 0 N–H and O–H groups in total. The number of hydrogen-bond acceptors (Lipinski definition) is 7. The molecule has 8 heteroatoms. The van der Waals surface area contributed by atoms with E-state index >= 15 is 0 Å². The predicted molar refractivity (Wildman–Crippen MR) is 86.1 cm³/mol. The number of likely N-dealkylation sites (N-methyl/N-ethyl adjacent to an activating group) is 1. The molecule has 0 unspecified atom stereocenters. The molecule has 1 aliphatic rings. The standard InChI is InChI=1S/C16H18BNO6/c1-11(2)16(21)22-10-12-4-6-13(7-5-12)17-23-14(19)8-18(3)9-15(20)24-17/h4-7H,1,8-10H2,2-3H3. The van der Waals surface area contributed by atoms with Crippen molar-refractivity contribution in [3.63, 3.8) is 0 Å². The molecule has 1 aliphatic heterocycles. The second kappa shape index (κ2) is 7.78. The summed E-state index contributed by atoms with van der Waals surface area (Å²) < 4.78 is 15.4. The minimum Gasteiger partial charge on any atom is -0.494 e. The van der Waals surface area contributed by atoms with E-state index in [0.717, 1.165) is 5.56 Å². The fourth-order valence-corrected chi connectivity index (χ4v) is 2.01. The minimum absolute atomic E-state index is 0.0144. The molecule has 0 aromatic heterocycles. The third-order valence-electron chi connectivity index (χ3n) is 3.25. The van der Waals surface area contributed by atoms with Gasteiger partial charge in [0.25, 0.3) is 0 Å². The summed E-state index contributed by atoms with van der Waals surface area (Å²) in [6.45, 7) is 5.20. The quantitative estimate of drug-likeness (QED) is 0.437. The SMILES string of the molecule is C=C(C)C(=O)OCc1ccc(B2OC(=O)CN(C)CC(=O)O2)cc1. The number of esters is 1. The van der Waals surface area contributed by atoms with Gasteiger partial charge in [-0.3, -0.25) is 14.5 Å². The predicted octanol–water partition coefficient (Wildman–Crippen LogP) is 0.0329. The summed E-state index contributed by atoms with van der Waals surface area (Å²) in [4.78, 5) is 36.3. The monoisotopic (exact) mass is 331 g/mol. The lowest BCUT2D eigenvalue weighted by molar-refractivity contribution is -0.145. The summed E-state index contributed by atoms with van der Waals surface area (Å²) in [7, 11) is 0.551. The van der Waals surface area contributed by atoms with E-state index in [-0.39, 0.29) is 19.7 Å². The van der Waals surface area contributed by atoms with Gasteiger partial charge in [0.15, 0.2) is 0 Å². The molecule has 0 saturated carbocycles. The van der Waals surface area contributed by atoms with Crippen LogP contribution in [0.25, 0.3) is 0 Å². The van der Waals surface area contributed by atoms with Gasteiger partial charge >= 0.3 is 25.0 Å². The summed E-state index contributed by atoms with van der Waals surface area (Å²) in [5, 5.41) is 0. The molecule has 24 heavy (non-hydrogen) atoms. The molecule has 1 fully saturated rings. The van der Waals surface area contributed by atoms with Crippen molar-refractivity contribution in [2.75, 3.05) is 20.1 Å². The Bertz CT molecular complexity index is 637. The molecule has 7 nitrogen and oxygen atoms in total. The molecule has 0 radical (unpaired) electrons. The Morgan fingerprint density at radius 2 is 1.75 bits per heavy atom. The lowest BCUT2D eigenvalue weighted by atomic mass is 9.78. The normalized spacial score (nSPS) is 15.8. The maximum atomic E-state index is 11.7. The zero-order chi connectivity index (χ0) is 17.7. The van der Waals surface area contributed by atoms with Crippen LogP contribution in [0.4, 0.5) is 0 Å². The largest absolute Gasteiger partial charge is 0.636 e. The Hall–Kier alpha value is -2.61. The highest BCUT2D eigenvalue weighted by Crippen LogP contribution is 2.05. The molecule has 126 valence electrons. The summed E-state index contributed by atoms with van der Waals surface area (Å²) in [5.41, 5.74) is 1.60. The summed E-state index contributed by atoms with van der Waals surface area (Å²) in [6, 6.07) is 6.71. The van der Waals surface area contributed by atoms with Crippen molar-refractivity contribution >= 4 is 30.5 Å². The van der Waals surface area contributed by atoms with Crippen LogP contribution in [0.5, 0.6) is 0 Å². The average molecular weight is 331 g/mol. The summed E-state index contributed by atoms with van der Waals surface area (Å²) in [6.07, 6.45) is 0. The van der Waals surface area contributed by atoms with Crippen LogP contribution in [0.3, 0.4) is 0 Å². The highest BCUT2D eigenvalue weighted by Gasteiger charge is 2.33. The first kappa shape index (κ1) is 17.7. The lowest BCUT2D eigenvalue weighted by Gasteiger charge is -2.22. The zero-order valence-corrected chi connectivity index (χ0v) is 13.6. The molecular formula is C16H18BNO6. The molecule has 2 rings (SSSR count). The molecule has 0 atom stereocenters. The van der Waals surface area contributed by atoms with Crippen molar-refractivity contribution in [3.8, 4) is 0 Å². The lowest BCUT2D eigenvalue weighted by Crippen LogP contribution is -2.47. The van der Waals surface area contributed by atoms with Crippen molar-refractivity contribution < 1.29 is 28.4 Å². The van der Waals surface area contributed by atoms with E-state index in [1.165, 1.54) is 4.90 Å². The first-order valence-corrected chi connectivity index (χ1v) is 7.34. The van der Waals surface area contributed by atoms with Gasteiger partial charge < -0.3 is 14.0 Å². The molecular weight excluding hydrogens is 313 g/mol. The Balaban J connectivity index is 2.03. The van der Waals surface area contributed by atoms with Gasteiger partial charge in [-0.05, 0) is 19.5 Å². The van der Waals surface area contributed by atoms with Gasteiger partial charge in [-0.1, -0.05) is 30.8 Å². The molecule has 1 aromatic carbocycles. The second-order valence-electron chi connectivity index (χ2n) is 5.58. The molecule has 1 aromatic rings. The second-order valence-corrected chi connectivity index (χ2v) is 5.58. The van der Waals surface area contributed by atoms with Gasteiger partial charge in [0, 0.05) is 11.0 Å². The number of ether oxygens (including phenoxy) is 1. The summed E-state index contributed by atoms with van der Waals surface area (Å²) >= 11 is 0. The maximum Gasteiger partial charge on any atom is 0.636 e. The Morgan fingerprint density at radius 3 is 2.25 bits per heavy atom. The maximum absolute atomic E-state index is 11.7. The van der Waals surface area contributed by atoms with Crippen molar-refractivity contribution in [1.82, 2.24) is 4.90 Å². The smallest absolute Gasteiger partial charge is 0.494 e. The van der Waals surface area contributed by atoms with Crippen LogP contribution in [0.1, 0.15) is 12.5 Å². The first-order chi connectivity index (χ1) is 11.3. The van der Waals surface area contributed by atoms with Crippen molar-refractivity contribution in [2.24, 2.45) is 0 Å². The first-order valence-electron chi connectivity index (χ1n) is 7.34. The average Bonchev–Trinajstić information content (AvgIpc) is 2.50. The van der Waals surface area contributed by atoms with Crippen LogP contribution in [0, 0.1) is 0 Å². The molecule has 0 bridgehead atoms. The van der Waals surface area contributed by atoms with Crippen molar-refractivity contribution in [1.29, 1.82) is 0 Å². The minimum atomic E-state index is -1.08. The van der Waals surface area contributed by atoms with E-state index in [0.29, 0.717) is 11.0 Å². The van der Waals surface area contributed by atoms with Crippen molar-refractivity contribution in [2.45, 2.75) is 13.5 Å². The van der Waals surface area contributed by atoms with Crippen LogP contribution >= 0.6 is 0 Å². The molecule has 1 heterocycles. The van der Waals surface area contributed by atoms with E-state index < -0.39 is 25.0 Å².